The predicted octanol–water partition coefficient (Wildman–Crippen LogP) is 2.64. The maximum absolute atomic E-state index is 10.3. The van der Waals surface area contributed by atoms with Crippen LogP contribution in [0.3, 0.4) is 0 Å². The van der Waals surface area contributed by atoms with Crippen molar-refractivity contribution in [3.8, 4) is 6.07 Å². The van der Waals surface area contributed by atoms with Gasteiger partial charge in [0.2, 0.25) is 0 Å². The topological polar surface area (TPSA) is 61.8 Å². The molecule has 2 aromatic rings. The van der Waals surface area contributed by atoms with Crippen molar-refractivity contribution in [3.63, 3.8) is 0 Å². The molecule has 0 radical (unpaired) electrons. The number of benzene rings is 1. The molecule has 5 heteroatoms. The van der Waals surface area contributed by atoms with Crippen LogP contribution in [0.4, 0.5) is 0 Å². The van der Waals surface area contributed by atoms with Crippen LogP contribution in [0.15, 0.2) is 28.7 Å². The highest BCUT2D eigenvalue weighted by Crippen LogP contribution is 2.26. The minimum absolute atomic E-state index is 0.451. The monoisotopic (exact) mass is 319 g/mol. The Balaban J connectivity index is 2.25. The number of hydrogen-bond donors (Lipinski definition) is 1. The highest BCUT2D eigenvalue weighted by Gasteiger charge is 2.16. The molecule has 0 fully saturated rings. The molecule has 1 atom stereocenters. The van der Waals surface area contributed by atoms with Gasteiger partial charge < -0.3 is 5.11 Å². The van der Waals surface area contributed by atoms with Crippen molar-refractivity contribution in [2.24, 2.45) is 7.05 Å². The van der Waals surface area contributed by atoms with Crippen molar-refractivity contribution in [2.45, 2.75) is 19.4 Å². The Kier molecular flexibility index (Phi) is 4.03. The summed E-state index contributed by atoms with van der Waals surface area (Å²) in [7, 11) is 1.85. The fourth-order valence-corrected chi connectivity index (χ4v) is 2.52. The normalized spacial score (nSPS) is 12.2. The molecule has 0 bridgehead atoms. The van der Waals surface area contributed by atoms with E-state index in [0.717, 1.165) is 21.4 Å². The van der Waals surface area contributed by atoms with Gasteiger partial charge in [-0.2, -0.15) is 10.4 Å². The summed E-state index contributed by atoms with van der Waals surface area (Å²) in [5.41, 5.74) is 3.13. The fourth-order valence-electron chi connectivity index (χ4n) is 2.02. The third kappa shape index (κ3) is 2.86. The Labute approximate surface area is 120 Å². The molecule has 0 saturated carbocycles. The number of nitrogens with zero attached hydrogens (tertiary/aromatic N) is 3. The van der Waals surface area contributed by atoms with Crippen LogP contribution in [0.25, 0.3) is 0 Å². The zero-order chi connectivity index (χ0) is 14.0. The predicted molar refractivity (Wildman–Crippen MR) is 75.5 cm³/mol. The van der Waals surface area contributed by atoms with E-state index in [4.69, 9.17) is 5.26 Å². The van der Waals surface area contributed by atoms with Crippen LogP contribution in [0, 0.1) is 18.3 Å². The van der Waals surface area contributed by atoms with Gasteiger partial charge in [0.1, 0.15) is 0 Å². The summed E-state index contributed by atoms with van der Waals surface area (Å²) in [6.45, 7) is 1.91. The number of aliphatic hydroxyl groups excluding tert-OH is 1. The lowest BCUT2D eigenvalue weighted by molar-refractivity contribution is 0.175. The van der Waals surface area contributed by atoms with E-state index >= 15 is 0 Å². The molecule has 1 unspecified atom stereocenters. The molecule has 0 aliphatic rings. The van der Waals surface area contributed by atoms with Crippen LogP contribution in [0.1, 0.15) is 28.6 Å². The molecule has 1 N–H and O–H groups in total. The number of nitriles is 1. The number of aryl methyl sites for hydroxylation is 2. The second-order valence-electron chi connectivity index (χ2n) is 4.43. The zero-order valence-corrected chi connectivity index (χ0v) is 12.3. The van der Waals surface area contributed by atoms with Gasteiger partial charge >= 0.3 is 0 Å². The average molecular weight is 320 g/mol. The average Bonchev–Trinajstić information content (AvgIpc) is 2.65. The standard InChI is InChI=1S/C14H14BrN3O/c1-9-14(15)12(18(2)17-9)7-13(19)11-5-3-4-10(6-11)8-16/h3-6,13,19H,7H2,1-2H3. The molecule has 1 aromatic heterocycles. The van der Waals surface area contributed by atoms with E-state index in [0.29, 0.717) is 12.0 Å². The van der Waals surface area contributed by atoms with Gasteiger partial charge in [0.15, 0.2) is 0 Å². The lowest BCUT2D eigenvalue weighted by atomic mass is 10.0. The first-order valence-electron chi connectivity index (χ1n) is 5.89. The molecule has 0 amide bonds. The lowest BCUT2D eigenvalue weighted by Crippen LogP contribution is -2.07. The van der Waals surface area contributed by atoms with Gasteiger partial charge in [0.05, 0.1) is 33.6 Å². The number of rotatable bonds is 3. The smallest absolute Gasteiger partial charge is 0.0991 e. The van der Waals surface area contributed by atoms with Crippen LogP contribution in [0.5, 0.6) is 0 Å². The van der Waals surface area contributed by atoms with Crippen LogP contribution in [-0.2, 0) is 13.5 Å². The molecule has 2 rings (SSSR count). The van der Waals surface area contributed by atoms with E-state index in [2.05, 4.69) is 27.1 Å². The first-order valence-corrected chi connectivity index (χ1v) is 6.68. The Bertz CT molecular complexity index is 643. The SMILES string of the molecule is Cc1nn(C)c(CC(O)c2cccc(C#N)c2)c1Br. The second kappa shape index (κ2) is 5.55. The molecule has 4 nitrogen and oxygen atoms in total. The van der Waals surface area contributed by atoms with Crippen LogP contribution >= 0.6 is 15.9 Å². The Morgan fingerprint density at radius 3 is 2.84 bits per heavy atom. The Morgan fingerprint density at radius 2 is 2.26 bits per heavy atom. The van der Waals surface area contributed by atoms with E-state index in [1.54, 1.807) is 22.9 Å². The first-order chi connectivity index (χ1) is 9.02. The zero-order valence-electron chi connectivity index (χ0n) is 10.8. The van der Waals surface area contributed by atoms with Gasteiger partial charge in [-0.15, -0.1) is 0 Å². The summed E-state index contributed by atoms with van der Waals surface area (Å²) in [5.74, 6) is 0. The van der Waals surface area contributed by atoms with Crippen LogP contribution in [0.2, 0.25) is 0 Å². The molecular weight excluding hydrogens is 306 g/mol. The quantitative estimate of drug-likeness (QED) is 0.946. The van der Waals surface area contributed by atoms with Gasteiger partial charge in [0.25, 0.3) is 0 Å². The lowest BCUT2D eigenvalue weighted by Gasteiger charge is -2.12. The molecule has 1 aromatic carbocycles. The number of halogens is 1. The minimum Gasteiger partial charge on any atom is -0.388 e. The Hall–Kier alpha value is -1.64. The molecule has 1 heterocycles. The maximum atomic E-state index is 10.3. The third-order valence-corrected chi connectivity index (χ3v) is 4.08. The molecule has 98 valence electrons. The van der Waals surface area contributed by atoms with Crippen molar-refractivity contribution in [1.29, 1.82) is 5.26 Å². The van der Waals surface area contributed by atoms with E-state index in [9.17, 15) is 5.11 Å². The molecule has 0 aliphatic carbocycles. The summed E-state index contributed by atoms with van der Waals surface area (Å²) >= 11 is 3.48. The van der Waals surface area contributed by atoms with Crippen molar-refractivity contribution in [2.75, 3.05) is 0 Å². The number of hydrogen-bond acceptors (Lipinski definition) is 3. The fraction of sp³-hybridized carbons (Fsp3) is 0.286. The van der Waals surface area contributed by atoms with Gasteiger partial charge in [-0.25, -0.2) is 0 Å². The number of aromatic nitrogens is 2. The summed E-state index contributed by atoms with van der Waals surface area (Å²) in [6.07, 6.45) is -0.202. The van der Waals surface area contributed by atoms with E-state index in [1.807, 2.05) is 20.0 Å². The second-order valence-corrected chi connectivity index (χ2v) is 5.22. The van der Waals surface area contributed by atoms with E-state index < -0.39 is 6.10 Å². The highest BCUT2D eigenvalue weighted by atomic mass is 79.9. The van der Waals surface area contributed by atoms with Crippen molar-refractivity contribution in [1.82, 2.24) is 9.78 Å². The van der Waals surface area contributed by atoms with Crippen molar-refractivity contribution in [3.05, 3.63) is 51.3 Å². The largest absolute Gasteiger partial charge is 0.388 e. The Morgan fingerprint density at radius 1 is 1.53 bits per heavy atom. The highest BCUT2D eigenvalue weighted by molar-refractivity contribution is 9.10. The van der Waals surface area contributed by atoms with Gasteiger partial charge in [-0.05, 0) is 40.5 Å². The van der Waals surface area contributed by atoms with Crippen molar-refractivity contribution < 1.29 is 5.11 Å². The molecular formula is C14H14BrN3O. The third-order valence-electron chi connectivity index (χ3n) is 3.05. The molecule has 0 spiro atoms. The summed E-state index contributed by atoms with van der Waals surface area (Å²) in [5, 5.41) is 23.4. The molecule has 0 aliphatic heterocycles. The molecule has 0 saturated heterocycles. The summed E-state index contributed by atoms with van der Waals surface area (Å²) in [6, 6.07) is 9.11. The number of aliphatic hydroxyl groups is 1. The maximum Gasteiger partial charge on any atom is 0.0991 e. The van der Waals surface area contributed by atoms with E-state index in [1.165, 1.54) is 0 Å². The minimum atomic E-state index is -0.653. The van der Waals surface area contributed by atoms with Crippen LogP contribution < -0.4 is 0 Å². The first kappa shape index (κ1) is 13.8. The van der Waals surface area contributed by atoms with Gasteiger partial charge in [-0.1, -0.05) is 12.1 Å². The van der Waals surface area contributed by atoms with E-state index in [-0.39, 0.29) is 0 Å². The summed E-state index contributed by atoms with van der Waals surface area (Å²) in [4.78, 5) is 0. The van der Waals surface area contributed by atoms with Crippen molar-refractivity contribution >= 4 is 15.9 Å². The van der Waals surface area contributed by atoms with Crippen LogP contribution in [-0.4, -0.2) is 14.9 Å². The van der Waals surface area contributed by atoms with Gasteiger partial charge in [0, 0.05) is 13.5 Å². The van der Waals surface area contributed by atoms with Gasteiger partial charge in [-0.3, -0.25) is 4.68 Å². The molecule has 19 heavy (non-hydrogen) atoms. The summed E-state index contributed by atoms with van der Waals surface area (Å²) < 4.78 is 2.68.